The normalized spacial score (nSPS) is 10.7. The molecule has 18 heavy (non-hydrogen) atoms. The van der Waals surface area contributed by atoms with Crippen LogP contribution in [-0.2, 0) is 0 Å². The van der Waals surface area contributed by atoms with Crippen molar-refractivity contribution in [3.8, 4) is 5.75 Å². The first-order valence-corrected chi connectivity index (χ1v) is 5.66. The number of hydrogen-bond donors (Lipinski definition) is 2. The van der Waals surface area contributed by atoms with Gasteiger partial charge in [0.25, 0.3) is 0 Å². The van der Waals surface area contributed by atoms with Crippen molar-refractivity contribution in [2.24, 2.45) is 0 Å². The Morgan fingerprint density at radius 2 is 1.50 bits per heavy atom. The minimum Gasteiger partial charge on any atom is -0.495 e. The molecule has 92 valence electrons. The molecule has 0 aliphatic heterocycles. The van der Waals surface area contributed by atoms with Crippen LogP contribution in [0, 0.1) is 0 Å². The number of nitrogen functional groups attached to an aromatic ring is 2. The van der Waals surface area contributed by atoms with E-state index in [1.165, 1.54) is 0 Å². The van der Waals surface area contributed by atoms with Crippen LogP contribution in [0.15, 0.2) is 42.5 Å². The van der Waals surface area contributed by atoms with E-state index in [2.05, 4.69) is 0 Å². The molecule has 2 aromatic carbocycles. The molecule has 0 aliphatic rings. The Balaban J connectivity index is 2.20. The van der Waals surface area contributed by atoms with Crippen LogP contribution in [0.2, 0.25) is 0 Å². The fourth-order valence-corrected chi connectivity index (χ4v) is 1.63. The van der Waals surface area contributed by atoms with Gasteiger partial charge in [0.1, 0.15) is 5.75 Å². The third kappa shape index (κ3) is 2.83. The van der Waals surface area contributed by atoms with E-state index in [1.807, 2.05) is 54.6 Å². The number of nitrogens with two attached hydrogens (primary N) is 2. The topological polar surface area (TPSA) is 61.3 Å². The SMILES string of the molecule is COc1cc(C=Cc2ccc(N)cc2)ccc1N. The van der Waals surface area contributed by atoms with Gasteiger partial charge in [-0.05, 0) is 35.4 Å². The zero-order chi connectivity index (χ0) is 13.0. The maximum atomic E-state index is 5.76. The molecule has 3 heteroatoms. The Morgan fingerprint density at radius 3 is 2.17 bits per heavy atom. The molecule has 0 aromatic heterocycles. The molecule has 3 nitrogen and oxygen atoms in total. The van der Waals surface area contributed by atoms with Crippen molar-refractivity contribution in [1.29, 1.82) is 0 Å². The van der Waals surface area contributed by atoms with Gasteiger partial charge < -0.3 is 16.2 Å². The predicted octanol–water partition coefficient (Wildman–Crippen LogP) is 3.03. The summed E-state index contributed by atoms with van der Waals surface area (Å²) in [6, 6.07) is 13.4. The number of rotatable bonds is 3. The fourth-order valence-electron chi connectivity index (χ4n) is 1.63. The lowest BCUT2D eigenvalue weighted by molar-refractivity contribution is 0.417. The predicted molar refractivity (Wildman–Crippen MR) is 77.2 cm³/mol. The van der Waals surface area contributed by atoms with Crippen LogP contribution in [0.25, 0.3) is 12.2 Å². The van der Waals surface area contributed by atoms with Crippen LogP contribution in [0.5, 0.6) is 5.75 Å². The van der Waals surface area contributed by atoms with Crippen LogP contribution in [-0.4, -0.2) is 7.11 Å². The quantitative estimate of drug-likeness (QED) is 0.640. The lowest BCUT2D eigenvalue weighted by Crippen LogP contribution is -1.91. The Morgan fingerprint density at radius 1 is 0.889 bits per heavy atom. The zero-order valence-electron chi connectivity index (χ0n) is 10.3. The molecule has 0 heterocycles. The highest BCUT2D eigenvalue weighted by atomic mass is 16.5. The highest BCUT2D eigenvalue weighted by Crippen LogP contribution is 2.23. The first-order valence-electron chi connectivity index (χ1n) is 5.66. The van der Waals surface area contributed by atoms with Crippen molar-refractivity contribution in [3.05, 3.63) is 53.6 Å². The Labute approximate surface area is 107 Å². The first-order chi connectivity index (χ1) is 8.69. The lowest BCUT2D eigenvalue weighted by atomic mass is 10.1. The molecule has 0 spiro atoms. The number of anilines is 2. The van der Waals surface area contributed by atoms with Gasteiger partial charge >= 0.3 is 0 Å². The number of methoxy groups -OCH3 is 1. The molecule has 0 amide bonds. The van der Waals surface area contributed by atoms with Crippen LogP contribution in [0.1, 0.15) is 11.1 Å². The van der Waals surface area contributed by atoms with Crippen LogP contribution < -0.4 is 16.2 Å². The molecular weight excluding hydrogens is 224 g/mol. The van der Waals surface area contributed by atoms with Crippen molar-refractivity contribution < 1.29 is 4.74 Å². The van der Waals surface area contributed by atoms with Crippen molar-refractivity contribution >= 4 is 23.5 Å². The second-order valence-corrected chi connectivity index (χ2v) is 4.00. The molecule has 0 aliphatic carbocycles. The van der Waals surface area contributed by atoms with Gasteiger partial charge in [-0.3, -0.25) is 0 Å². The van der Waals surface area contributed by atoms with Crippen LogP contribution in [0.3, 0.4) is 0 Å². The number of ether oxygens (including phenoxy) is 1. The van der Waals surface area contributed by atoms with E-state index in [4.69, 9.17) is 16.2 Å². The van der Waals surface area contributed by atoms with E-state index in [1.54, 1.807) is 7.11 Å². The zero-order valence-corrected chi connectivity index (χ0v) is 10.3. The van der Waals surface area contributed by atoms with E-state index < -0.39 is 0 Å². The van der Waals surface area contributed by atoms with Crippen LogP contribution in [0.4, 0.5) is 11.4 Å². The highest BCUT2D eigenvalue weighted by molar-refractivity contribution is 5.72. The molecule has 0 bridgehead atoms. The summed E-state index contributed by atoms with van der Waals surface area (Å²) in [5.74, 6) is 0.689. The standard InChI is InChI=1S/C15H16N2O/c1-18-15-10-12(6-9-14(15)17)3-2-11-4-7-13(16)8-5-11/h2-10H,16-17H2,1H3. The summed E-state index contributed by atoms with van der Waals surface area (Å²) >= 11 is 0. The average Bonchev–Trinajstić information content (AvgIpc) is 2.39. The summed E-state index contributed by atoms with van der Waals surface area (Å²) in [4.78, 5) is 0. The Bertz CT molecular complexity index is 559. The van der Waals surface area contributed by atoms with Crippen molar-refractivity contribution in [1.82, 2.24) is 0 Å². The van der Waals surface area contributed by atoms with Crippen molar-refractivity contribution in [2.75, 3.05) is 18.6 Å². The summed E-state index contributed by atoms with van der Waals surface area (Å²) in [6.45, 7) is 0. The van der Waals surface area contributed by atoms with E-state index in [9.17, 15) is 0 Å². The lowest BCUT2D eigenvalue weighted by Gasteiger charge is -2.04. The molecule has 0 saturated heterocycles. The number of benzene rings is 2. The van der Waals surface area contributed by atoms with Gasteiger partial charge in [-0.2, -0.15) is 0 Å². The van der Waals surface area contributed by atoms with E-state index in [-0.39, 0.29) is 0 Å². The third-order valence-corrected chi connectivity index (χ3v) is 2.66. The largest absolute Gasteiger partial charge is 0.495 e. The van der Waals surface area contributed by atoms with E-state index in [0.29, 0.717) is 11.4 Å². The van der Waals surface area contributed by atoms with Gasteiger partial charge in [0.15, 0.2) is 0 Å². The van der Waals surface area contributed by atoms with E-state index in [0.717, 1.165) is 16.8 Å². The second kappa shape index (κ2) is 5.27. The average molecular weight is 240 g/mol. The van der Waals surface area contributed by atoms with Gasteiger partial charge in [0.05, 0.1) is 12.8 Å². The smallest absolute Gasteiger partial charge is 0.142 e. The highest BCUT2D eigenvalue weighted by Gasteiger charge is 1.98. The van der Waals surface area contributed by atoms with Crippen molar-refractivity contribution in [3.63, 3.8) is 0 Å². The minimum atomic E-state index is 0.641. The summed E-state index contributed by atoms with van der Waals surface area (Å²) in [7, 11) is 1.61. The molecule has 0 fully saturated rings. The van der Waals surface area contributed by atoms with Gasteiger partial charge in [-0.25, -0.2) is 0 Å². The summed E-state index contributed by atoms with van der Waals surface area (Å²) in [5, 5.41) is 0. The summed E-state index contributed by atoms with van der Waals surface area (Å²) in [6.07, 6.45) is 4.03. The van der Waals surface area contributed by atoms with Crippen molar-refractivity contribution in [2.45, 2.75) is 0 Å². The maximum absolute atomic E-state index is 5.76. The molecule has 0 saturated carbocycles. The first kappa shape index (κ1) is 12.0. The van der Waals surface area contributed by atoms with Crippen LogP contribution >= 0.6 is 0 Å². The molecule has 0 unspecified atom stereocenters. The minimum absolute atomic E-state index is 0.641. The molecule has 2 aromatic rings. The monoisotopic (exact) mass is 240 g/mol. The molecule has 0 radical (unpaired) electrons. The fraction of sp³-hybridized carbons (Fsp3) is 0.0667. The van der Waals surface area contributed by atoms with Gasteiger partial charge in [-0.15, -0.1) is 0 Å². The molecular formula is C15H16N2O. The van der Waals surface area contributed by atoms with E-state index >= 15 is 0 Å². The molecule has 4 N–H and O–H groups in total. The second-order valence-electron chi connectivity index (χ2n) is 4.00. The Kier molecular flexibility index (Phi) is 3.53. The Hall–Kier alpha value is -2.42. The molecule has 2 rings (SSSR count). The summed E-state index contributed by atoms with van der Waals surface area (Å²) < 4.78 is 5.18. The maximum Gasteiger partial charge on any atom is 0.142 e. The van der Waals surface area contributed by atoms with Gasteiger partial charge in [0, 0.05) is 5.69 Å². The number of hydrogen-bond acceptors (Lipinski definition) is 3. The third-order valence-electron chi connectivity index (χ3n) is 2.66. The van der Waals surface area contributed by atoms with Gasteiger partial charge in [-0.1, -0.05) is 30.4 Å². The summed E-state index contributed by atoms with van der Waals surface area (Å²) in [5.41, 5.74) is 14.9. The van der Waals surface area contributed by atoms with Gasteiger partial charge in [0.2, 0.25) is 0 Å². The molecule has 0 atom stereocenters.